The summed E-state index contributed by atoms with van der Waals surface area (Å²) >= 11 is 5.86. The lowest BCUT2D eigenvalue weighted by molar-refractivity contribution is -0.119. The minimum atomic E-state index is -4.03. The molecule has 1 aromatic rings. The summed E-state index contributed by atoms with van der Waals surface area (Å²) in [4.78, 5) is 22.6. The van der Waals surface area contributed by atoms with E-state index < -0.39 is 28.4 Å². The van der Waals surface area contributed by atoms with Gasteiger partial charge in [-0.2, -0.15) is 0 Å². The molecule has 122 valence electrons. The maximum atomic E-state index is 12.2. The van der Waals surface area contributed by atoms with Crippen LogP contribution in [0, 0.1) is 0 Å². The fourth-order valence-electron chi connectivity index (χ4n) is 1.52. The number of benzene rings is 1. The standard InChI is InChI=1S/C13H17ClN2O5S/c1-3-6-15-12(17)8-16-22(19,20)11-7-9(13(18)21-2)4-5-10(11)14/h4-5,7,16H,3,6,8H2,1-2H3,(H,15,17). The van der Waals surface area contributed by atoms with Crippen molar-refractivity contribution < 1.29 is 22.7 Å². The van der Waals surface area contributed by atoms with Crippen molar-refractivity contribution in [3.05, 3.63) is 28.8 Å². The Morgan fingerprint density at radius 3 is 2.59 bits per heavy atom. The molecule has 7 nitrogen and oxygen atoms in total. The average molecular weight is 349 g/mol. The van der Waals surface area contributed by atoms with Crippen LogP contribution in [-0.2, 0) is 19.6 Å². The molecule has 0 heterocycles. The van der Waals surface area contributed by atoms with Crippen LogP contribution in [0.25, 0.3) is 0 Å². The molecule has 0 radical (unpaired) electrons. The Labute approximate surface area is 134 Å². The number of amides is 1. The van der Waals surface area contributed by atoms with E-state index in [-0.39, 0.29) is 15.5 Å². The minimum absolute atomic E-state index is 0.0442. The third-order valence-corrected chi connectivity index (χ3v) is 4.52. The van der Waals surface area contributed by atoms with Gasteiger partial charge in [0.2, 0.25) is 15.9 Å². The maximum Gasteiger partial charge on any atom is 0.337 e. The molecule has 0 saturated heterocycles. The first-order chi connectivity index (χ1) is 10.3. The van der Waals surface area contributed by atoms with Gasteiger partial charge in [0.25, 0.3) is 0 Å². The molecule has 0 saturated carbocycles. The summed E-state index contributed by atoms with van der Waals surface area (Å²) in [6.45, 7) is 1.92. The van der Waals surface area contributed by atoms with Gasteiger partial charge in [-0.05, 0) is 24.6 Å². The Morgan fingerprint density at radius 2 is 2.00 bits per heavy atom. The van der Waals surface area contributed by atoms with E-state index in [1.54, 1.807) is 0 Å². The number of carbonyl (C=O) groups excluding carboxylic acids is 2. The number of hydrogen-bond donors (Lipinski definition) is 2. The van der Waals surface area contributed by atoms with E-state index in [2.05, 4.69) is 14.8 Å². The first-order valence-electron chi connectivity index (χ1n) is 6.46. The van der Waals surface area contributed by atoms with Crippen LogP contribution in [0.3, 0.4) is 0 Å². The third kappa shape index (κ3) is 4.97. The fourth-order valence-corrected chi connectivity index (χ4v) is 3.03. The molecule has 0 atom stereocenters. The number of esters is 1. The summed E-state index contributed by atoms with van der Waals surface area (Å²) in [5.41, 5.74) is 0.0442. The van der Waals surface area contributed by atoms with E-state index in [1.807, 2.05) is 6.92 Å². The Balaban J connectivity index is 2.93. The lowest BCUT2D eigenvalue weighted by Crippen LogP contribution is -2.37. The Morgan fingerprint density at radius 1 is 1.32 bits per heavy atom. The van der Waals surface area contributed by atoms with Gasteiger partial charge in [-0.25, -0.2) is 17.9 Å². The molecule has 1 amide bonds. The molecule has 0 spiro atoms. The summed E-state index contributed by atoms with van der Waals surface area (Å²) in [6.07, 6.45) is 0.742. The zero-order chi connectivity index (χ0) is 16.8. The number of carbonyl (C=O) groups is 2. The summed E-state index contributed by atoms with van der Waals surface area (Å²) in [5, 5.41) is 2.48. The average Bonchev–Trinajstić information content (AvgIpc) is 2.50. The summed E-state index contributed by atoms with van der Waals surface area (Å²) in [7, 11) is -2.84. The molecule has 1 aromatic carbocycles. The number of ether oxygens (including phenoxy) is 1. The van der Waals surface area contributed by atoms with E-state index in [0.29, 0.717) is 6.54 Å². The molecular formula is C13H17ClN2O5S. The van der Waals surface area contributed by atoms with Crippen molar-refractivity contribution in [2.24, 2.45) is 0 Å². The molecule has 0 aliphatic carbocycles. The minimum Gasteiger partial charge on any atom is -0.465 e. The second kappa shape index (κ2) is 8.11. The van der Waals surface area contributed by atoms with Crippen molar-refractivity contribution in [3.8, 4) is 0 Å². The number of hydrogen-bond acceptors (Lipinski definition) is 5. The molecule has 22 heavy (non-hydrogen) atoms. The normalized spacial score (nSPS) is 11.0. The van der Waals surface area contributed by atoms with Crippen LogP contribution in [0.15, 0.2) is 23.1 Å². The predicted octanol–water partition coefficient (Wildman–Crippen LogP) is 0.931. The topological polar surface area (TPSA) is 102 Å². The van der Waals surface area contributed by atoms with Gasteiger partial charge in [0.05, 0.1) is 24.2 Å². The van der Waals surface area contributed by atoms with Gasteiger partial charge in [0, 0.05) is 6.54 Å². The van der Waals surface area contributed by atoms with Gasteiger partial charge in [0.15, 0.2) is 0 Å². The summed E-state index contributed by atoms with van der Waals surface area (Å²) in [6, 6.07) is 3.72. The molecule has 0 fully saturated rings. The summed E-state index contributed by atoms with van der Waals surface area (Å²) < 4.78 is 31.0. The fraction of sp³-hybridized carbons (Fsp3) is 0.385. The SMILES string of the molecule is CCCNC(=O)CNS(=O)(=O)c1cc(C(=O)OC)ccc1Cl. The lowest BCUT2D eigenvalue weighted by atomic mass is 10.2. The van der Waals surface area contributed by atoms with Gasteiger partial charge >= 0.3 is 5.97 Å². The highest BCUT2D eigenvalue weighted by Crippen LogP contribution is 2.22. The molecule has 9 heteroatoms. The molecular weight excluding hydrogens is 332 g/mol. The van der Waals surface area contributed by atoms with Crippen LogP contribution >= 0.6 is 11.6 Å². The highest BCUT2D eigenvalue weighted by Gasteiger charge is 2.21. The largest absolute Gasteiger partial charge is 0.465 e. The maximum absolute atomic E-state index is 12.2. The Kier molecular flexibility index (Phi) is 6.79. The first kappa shape index (κ1) is 18.4. The van der Waals surface area contributed by atoms with Crippen molar-refractivity contribution in [1.29, 1.82) is 0 Å². The van der Waals surface area contributed by atoms with Gasteiger partial charge in [-0.1, -0.05) is 18.5 Å². The highest BCUT2D eigenvalue weighted by atomic mass is 35.5. The third-order valence-electron chi connectivity index (χ3n) is 2.64. The second-order valence-corrected chi connectivity index (χ2v) is 6.45. The molecule has 0 aliphatic rings. The van der Waals surface area contributed by atoms with Crippen LogP contribution in [0.4, 0.5) is 0 Å². The monoisotopic (exact) mass is 348 g/mol. The molecule has 0 bridgehead atoms. The van der Waals surface area contributed by atoms with Crippen molar-refractivity contribution in [3.63, 3.8) is 0 Å². The molecule has 0 aromatic heterocycles. The van der Waals surface area contributed by atoms with Crippen molar-refractivity contribution in [1.82, 2.24) is 10.0 Å². The number of sulfonamides is 1. The van der Waals surface area contributed by atoms with E-state index in [4.69, 9.17) is 11.6 Å². The van der Waals surface area contributed by atoms with Gasteiger partial charge in [-0.15, -0.1) is 0 Å². The Hall–Kier alpha value is -1.64. The zero-order valence-electron chi connectivity index (χ0n) is 12.2. The Bertz CT molecular complexity index is 660. The van der Waals surface area contributed by atoms with Crippen molar-refractivity contribution in [2.75, 3.05) is 20.2 Å². The number of halogens is 1. The number of rotatable bonds is 7. The number of methoxy groups -OCH3 is 1. The van der Waals surface area contributed by atoms with E-state index >= 15 is 0 Å². The first-order valence-corrected chi connectivity index (χ1v) is 8.32. The summed E-state index contributed by atoms with van der Waals surface area (Å²) in [5.74, 6) is -1.14. The molecule has 0 unspecified atom stereocenters. The van der Waals surface area contributed by atoms with Crippen LogP contribution in [0.1, 0.15) is 23.7 Å². The highest BCUT2D eigenvalue weighted by molar-refractivity contribution is 7.89. The molecule has 2 N–H and O–H groups in total. The van der Waals surface area contributed by atoms with Crippen LogP contribution in [0.2, 0.25) is 5.02 Å². The van der Waals surface area contributed by atoms with Crippen LogP contribution in [-0.4, -0.2) is 40.5 Å². The predicted molar refractivity (Wildman–Crippen MR) is 81.3 cm³/mol. The van der Waals surface area contributed by atoms with E-state index in [9.17, 15) is 18.0 Å². The second-order valence-electron chi connectivity index (χ2n) is 4.31. The lowest BCUT2D eigenvalue weighted by Gasteiger charge is -2.10. The molecule has 0 aliphatic heterocycles. The van der Waals surface area contributed by atoms with Crippen LogP contribution in [0.5, 0.6) is 0 Å². The van der Waals surface area contributed by atoms with Gasteiger partial charge in [-0.3, -0.25) is 4.79 Å². The quantitative estimate of drug-likeness (QED) is 0.714. The van der Waals surface area contributed by atoms with E-state index in [0.717, 1.165) is 12.5 Å². The van der Waals surface area contributed by atoms with Gasteiger partial charge in [0.1, 0.15) is 4.90 Å². The smallest absolute Gasteiger partial charge is 0.337 e. The molecule has 1 rings (SSSR count). The van der Waals surface area contributed by atoms with E-state index in [1.165, 1.54) is 19.2 Å². The van der Waals surface area contributed by atoms with Gasteiger partial charge < -0.3 is 10.1 Å². The zero-order valence-corrected chi connectivity index (χ0v) is 13.8. The number of nitrogens with one attached hydrogen (secondary N) is 2. The van der Waals surface area contributed by atoms with Crippen LogP contribution < -0.4 is 10.0 Å². The van der Waals surface area contributed by atoms with Crippen molar-refractivity contribution >= 4 is 33.5 Å². The van der Waals surface area contributed by atoms with Crippen molar-refractivity contribution in [2.45, 2.75) is 18.2 Å².